The van der Waals surface area contributed by atoms with E-state index >= 15 is 0 Å². The third-order valence-electron chi connectivity index (χ3n) is 6.28. The molecule has 1 aliphatic carbocycles. The van der Waals surface area contributed by atoms with E-state index in [1.165, 1.54) is 12.1 Å². The number of halogens is 4. The van der Waals surface area contributed by atoms with Crippen molar-refractivity contribution in [2.45, 2.75) is 44.3 Å². The Morgan fingerprint density at radius 3 is 2.45 bits per heavy atom. The van der Waals surface area contributed by atoms with Gasteiger partial charge in [0.15, 0.2) is 0 Å². The van der Waals surface area contributed by atoms with E-state index in [9.17, 15) is 18.0 Å². The molecule has 2 atom stereocenters. The van der Waals surface area contributed by atoms with Crippen molar-refractivity contribution in [3.63, 3.8) is 0 Å². The molecule has 0 bridgehead atoms. The van der Waals surface area contributed by atoms with Crippen molar-refractivity contribution in [2.24, 2.45) is 5.92 Å². The molecule has 1 aliphatic heterocycles. The smallest absolute Gasteiger partial charge is 0.316 e. The second-order valence-electron chi connectivity index (χ2n) is 8.31. The topological polar surface area (TPSA) is 25.2 Å². The first-order chi connectivity index (χ1) is 13.3. The molecule has 1 saturated carbocycles. The predicted molar refractivity (Wildman–Crippen MR) is 110 cm³/mol. The second-order valence-corrected chi connectivity index (χ2v) is 8.31. The first-order valence-electron chi connectivity index (χ1n) is 9.85. The first kappa shape index (κ1) is 21.9. The zero-order valence-corrected chi connectivity index (χ0v) is 17.2. The number of unbranched alkanes of at least 4 members (excludes halogenated alkanes) is 1. The Hall–Kier alpha value is -1.79. The molecule has 0 radical (unpaired) electrons. The number of aromatic nitrogens is 1. The van der Waals surface area contributed by atoms with Crippen LogP contribution in [-0.4, -0.2) is 29.1 Å². The van der Waals surface area contributed by atoms with Gasteiger partial charge in [-0.05, 0) is 68.0 Å². The van der Waals surface area contributed by atoms with Gasteiger partial charge < -0.3 is 9.47 Å². The van der Waals surface area contributed by atoms with Crippen LogP contribution < -0.4 is 5.56 Å². The fourth-order valence-corrected chi connectivity index (χ4v) is 4.60. The molecule has 2 heterocycles. The number of piperidine rings is 1. The summed E-state index contributed by atoms with van der Waals surface area (Å²) in [6.07, 6.45) is 0.601. The summed E-state index contributed by atoms with van der Waals surface area (Å²) in [7, 11) is 0. The van der Waals surface area contributed by atoms with Gasteiger partial charge in [-0.3, -0.25) is 4.79 Å². The second kappa shape index (κ2) is 8.15. The molecule has 7 heteroatoms. The van der Waals surface area contributed by atoms with E-state index in [1.807, 2.05) is 19.2 Å². The zero-order chi connectivity index (χ0) is 19.9. The van der Waals surface area contributed by atoms with E-state index in [-0.39, 0.29) is 23.4 Å². The maximum absolute atomic E-state index is 12.8. The summed E-state index contributed by atoms with van der Waals surface area (Å²) < 4.78 is 40.1. The van der Waals surface area contributed by atoms with Gasteiger partial charge in [0, 0.05) is 37.3 Å². The summed E-state index contributed by atoms with van der Waals surface area (Å²) in [6.45, 7) is 5.55. The molecule has 2 fully saturated rings. The van der Waals surface area contributed by atoms with E-state index < -0.39 is 11.7 Å². The highest BCUT2D eigenvalue weighted by atomic mass is 35.5. The lowest BCUT2D eigenvalue weighted by molar-refractivity contribution is -0.137. The molecular formula is C22H26ClF3N2O. The van der Waals surface area contributed by atoms with Gasteiger partial charge in [0.1, 0.15) is 0 Å². The molecule has 0 N–H and O–H groups in total. The lowest BCUT2D eigenvalue weighted by atomic mass is 9.94. The molecule has 2 aliphatic rings. The largest absolute Gasteiger partial charge is 0.416 e. The minimum absolute atomic E-state index is 0. The van der Waals surface area contributed by atoms with E-state index in [0.717, 1.165) is 56.6 Å². The standard InChI is InChI=1S/C22H25F3N2O.ClH/c1-16-8-11-27(20(28)12-16)10-3-2-9-26-14-19-13-21(19,15-26)17-4-6-18(7-5-17)22(23,24)25;/h4-8,11-12,19H,2-3,9-10,13-15H2,1H3;1H/t19-,21+;/m0./s1. The number of pyridine rings is 1. The van der Waals surface area contributed by atoms with Gasteiger partial charge in [0.2, 0.25) is 0 Å². The Kier molecular flexibility index (Phi) is 6.16. The number of nitrogens with zero attached hydrogens (tertiary/aromatic N) is 2. The van der Waals surface area contributed by atoms with E-state index in [4.69, 9.17) is 0 Å². The Bertz CT molecular complexity index is 910. The molecule has 1 saturated heterocycles. The van der Waals surface area contributed by atoms with Gasteiger partial charge in [-0.25, -0.2) is 0 Å². The van der Waals surface area contributed by atoms with Gasteiger partial charge in [0.25, 0.3) is 5.56 Å². The molecular weight excluding hydrogens is 401 g/mol. The quantitative estimate of drug-likeness (QED) is 0.628. The number of hydrogen-bond acceptors (Lipinski definition) is 2. The van der Waals surface area contributed by atoms with Crippen molar-refractivity contribution in [1.29, 1.82) is 0 Å². The summed E-state index contributed by atoms with van der Waals surface area (Å²) in [6, 6.07) is 9.35. The summed E-state index contributed by atoms with van der Waals surface area (Å²) in [5, 5.41) is 0. The third-order valence-corrected chi connectivity index (χ3v) is 6.28. The van der Waals surface area contributed by atoms with E-state index in [0.29, 0.717) is 5.92 Å². The summed E-state index contributed by atoms with van der Waals surface area (Å²) >= 11 is 0. The van der Waals surface area contributed by atoms with Gasteiger partial charge >= 0.3 is 6.18 Å². The molecule has 29 heavy (non-hydrogen) atoms. The number of alkyl halides is 3. The Labute approximate surface area is 174 Å². The molecule has 0 unspecified atom stereocenters. The summed E-state index contributed by atoms with van der Waals surface area (Å²) in [5.41, 5.74) is 1.54. The molecule has 3 nitrogen and oxygen atoms in total. The fourth-order valence-electron chi connectivity index (χ4n) is 4.60. The lowest BCUT2D eigenvalue weighted by Crippen LogP contribution is -2.28. The highest BCUT2D eigenvalue weighted by Gasteiger charge is 2.60. The first-order valence-corrected chi connectivity index (χ1v) is 9.85. The van der Waals surface area contributed by atoms with Crippen LogP contribution in [0.1, 0.15) is 36.0 Å². The number of fused-ring (bicyclic) bond motifs is 1. The molecule has 2 aromatic rings. The molecule has 1 aromatic carbocycles. The van der Waals surface area contributed by atoms with E-state index in [1.54, 1.807) is 22.8 Å². The predicted octanol–water partition coefficient (Wildman–Crippen LogP) is 4.65. The van der Waals surface area contributed by atoms with Gasteiger partial charge in [-0.15, -0.1) is 12.4 Å². The van der Waals surface area contributed by atoms with Crippen LogP contribution in [-0.2, 0) is 18.1 Å². The van der Waals surface area contributed by atoms with Gasteiger partial charge in [-0.1, -0.05) is 12.1 Å². The minimum Gasteiger partial charge on any atom is -0.316 e. The summed E-state index contributed by atoms with van der Waals surface area (Å²) in [5.74, 6) is 0.559. The normalized spacial score (nSPS) is 23.5. The Morgan fingerprint density at radius 1 is 1.10 bits per heavy atom. The van der Waals surface area contributed by atoms with Crippen LogP contribution in [0.4, 0.5) is 13.2 Å². The maximum Gasteiger partial charge on any atom is 0.416 e. The average molecular weight is 427 g/mol. The van der Waals surface area contributed by atoms with Crippen LogP contribution >= 0.6 is 12.4 Å². The van der Waals surface area contributed by atoms with Crippen molar-refractivity contribution in [3.8, 4) is 0 Å². The number of aryl methyl sites for hydroxylation is 2. The maximum atomic E-state index is 12.8. The van der Waals surface area contributed by atoms with Crippen molar-refractivity contribution < 1.29 is 13.2 Å². The number of rotatable bonds is 6. The molecule has 4 rings (SSSR count). The van der Waals surface area contributed by atoms with E-state index in [2.05, 4.69) is 4.90 Å². The molecule has 0 amide bonds. The fraction of sp³-hybridized carbons (Fsp3) is 0.500. The van der Waals surface area contributed by atoms with Crippen LogP contribution in [0.15, 0.2) is 47.4 Å². The van der Waals surface area contributed by atoms with Crippen LogP contribution in [0.5, 0.6) is 0 Å². The van der Waals surface area contributed by atoms with Crippen molar-refractivity contribution in [3.05, 3.63) is 69.6 Å². The van der Waals surface area contributed by atoms with Crippen molar-refractivity contribution >= 4 is 12.4 Å². The average Bonchev–Trinajstić information content (AvgIpc) is 3.21. The monoisotopic (exact) mass is 426 g/mol. The van der Waals surface area contributed by atoms with Crippen LogP contribution in [0.2, 0.25) is 0 Å². The third kappa shape index (κ3) is 4.53. The highest BCUT2D eigenvalue weighted by molar-refractivity contribution is 5.85. The number of hydrogen-bond donors (Lipinski definition) is 0. The van der Waals surface area contributed by atoms with Gasteiger partial charge in [0.05, 0.1) is 5.56 Å². The van der Waals surface area contributed by atoms with Crippen molar-refractivity contribution in [1.82, 2.24) is 9.47 Å². The summed E-state index contributed by atoms with van der Waals surface area (Å²) in [4.78, 5) is 14.3. The SMILES string of the molecule is Cc1ccn(CCCCN2C[C@@H]3C[C@]3(c3ccc(C(F)(F)F)cc3)C2)c(=O)c1.Cl. The molecule has 158 valence electrons. The zero-order valence-electron chi connectivity index (χ0n) is 16.4. The van der Waals surface area contributed by atoms with Crippen molar-refractivity contribution in [2.75, 3.05) is 19.6 Å². The minimum atomic E-state index is -4.28. The number of likely N-dealkylation sites (tertiary alicyclic amines) is 1. The molecule has 0 spiro atoms. The lowest BCUT2D eigenvalue weighted by Gasteiger charge is -2.21. The highest BCUT2D eigenvalue weighted by Crippen LogP contribution is 2.59. The van der Waals surface area contributed by atoms with Crippen LogP contribution in [0, 0.1) is 12.8 Å². The van der Waals surface area contributed by atoms with Crippen LogP contribution in [0.25, 0.3) is 0 Å². The van der Waals surface area contributed by atoms with Gasteiger partial charge in [-0.2, -0.15) is 13.2 Å². The number of benzene rings is 1. The van der Waals surface area contributed by atoms with Crippen LogP contribution in [0.3, 0.4) is 0 Å². The Balaban J connectivity index is 0.00000240. The molecule has 1 aromatic heterocycles. The Morgan fingerprint density at radius 2 is 1.79 bits per heavy atom.